The van der Waals surface area contributed by atoms with Gasteiger partial charge in [-0.2, -0.15) is 14.6 Å². The maximum Gasteiger partial charge on any atom is 0.254 e. The number of nitrogens with two attached hydrogens (primary N) is 2. The highest BCUT2D eigenvalue weighted by Crippen LogP contribution is 2.32. The minimum atomic E-state index is 0.302. The van der Waals surface area contributed by atoms with Gasteiger partial charge in [-0.05, 0) is 31.9 Å². The quantitative estimate of drug-likeness (QED) is 0.746. The van der Waals surface area contributed by atoms with Gasteiger partial charge in [0, 0.05) is 17.7 Å². The van der Waals surface area contributed by atoms with Gasteiger partial charge in [-0.15, -0.1) is 0 Å². The number of benzene rings is 1. The van der Waals surface area contributed by atoms with Crippen LogP contribution in [0.2, 0.25) is 0 Å². The number of rotatable bonds is 2. The molecule has 0 aliphatic rings. The summed E-state index contributed by atoms with van der Waals surface area (Å²) in [6.45, 7) is 6.52. The van der Waals surface area contributed by atoms with E-state index in [0.717, 1.165) is 27.9 Å². The Bertz CT molecular complexity index is 811. The molecule has 0 spiro atoms. The van der Waals surface area contributed by atoms with E-state index in [0.29, 0.717) is 18.1 Å². The van der Waals surface area contributed by atoms with Crippen LogP contribution in [0.4, 0.5) is 5.82 Å². The lowest BCUT2D eigenvalue weighted by Crippen LogP contribution is -2.12. The second kappa shape index (κ2) is 4.82. The van der Waals surface area contributed by atoms with Crippen molar-refractivity contribution in [3.63, 3.8) is 0 Å². The van der Waals surface area contributed by atoms with E-state index in [9.17, 15) is 0 Å². The maximum absolute atomic E-state index is 6.18. The Balaban J connectivity index is 2.39. The highest BCUT2D eigenvalue weighted by atomic mass is 15.3. The standard InChI is InChI=1S/C15H18N6/c1-8-4-9(2)12(10(3)5-8)13-11(6-16)14(17)21-15(20-13)18-7-19-21/h4-5,7H,6,16-17H2,1-3H3. The van der Waals surface area contributed by atoms with Crippen molar-refractivity contribution >= 4 is 11.6 Å². The number of anilines is 1. The molecule has 1 aromatic carbocycles. The van der Waals surface area contributed by atoms with Gasteiger partial charge < -0.3 is 11.5 Å². The number of hydrogen-bond donors (Lipinski definition) is 2. The van der Waals surface area contributed by atoms with Crippen LogP contribution in [0.3, 0.4) is 0 Å². The zero-order chi connectivity index (χ0) is 15.1. The van der Waals surface area contributed by atoms with Crippen LogP contribution in [0.5, 0.6) is 0 Å². The third-order valence-corrected chi connectivity index (χ3v) is 3.68. The van der Waals surface area contributed by atoms with E-state index in [2.05, 4.69) is 48.0 Å². The minimum absolute atomic E-state index is 0.302. The molecule has 0 aliphatic heterocycles. The zero-order valence-electron chi connectivity index (χ0n) is 12.4. The molecule has 3 rings (SSSR count). The van der Waals surface area contributed by atoms with E-state index >= 15 is 0 Å². The smallest absolute Gasteiger partial charge is 0.254 e. The van der Waals surface area contributed by atoms with Gasteiger partial charge in [-0.25, -0.2) is 4.98 Å². The fourth-order valence-corrected chi connectivity index (χ4v) is 2.86. The van der Waals surface area contributed by atoms with Crippen LogP contribution < -0.4 is 11.5 Å². The molecule has 3 aromatic rings. The first kappa shape index (κ1) is 13.5. The minimum Gasteiger partial charge on any atom is -0.383 e. The van der Waals surface area contributed by atoms with Gasteiger partial charge in [-0.1, -0.05) is 17.7 Å². The Hall–Kier alpha value is -2.47. The van der Waals surface area contributed by atoms with Crippen LogP contribution in [0, 0.1) is 20.8 Å². The molecule has 0 bridgehead atoms. The lowest BCUT2D eigenvalue weighted by molar-refractivity contribution is 0.918. The van der Waals surface area contributed by atoms with Crippen molar-refractivity contribution in [1.29, 1.82) is 0 Å². The lowest BCUT2D eigenvalue weighted by atomic mass is 9.94. The number of aromatic nitrogens is 4. The Kier molecular flexibility index (Phi) is 3.10. The SMILES string of the molecule is Cc1cc(C)c(-c2nc3ncnn3c(N)c2CN)c(C)c1. The molecule has 0 aliphatic carbocycles. The Morgan fingerprint density at radius 3 is 2.43 bits per heavy atom. The molecule has 0 saturated heterocycles. The van der Waals surface area contributed by atoms with E-state index in [1.807, 2.05) is 0 Å². The van der Waals surface area contributed by atoms with Gasteiger partial charge in [0.05, 0.1) is 5.69 Å². The van der Waals surface area contributed by atoms with Crippen molar-refractivity contribution in [3.8, 4) is 11.3 Å². The third kappa shape index (κ3) is 2.04. The summed E-state index contributed by atoms with van der Waals surface area (Å²) in [6, 6.07) is 4.27. The van der Waals surface area contributed by atoms with E-state index in [4.69, 9.17) is 11.5 Å². The maximum atomic E-state index is 6.18. The van der Waals surface area contributed by atoms with E-state index in [-0.39, 0.29) is 0 Å². The van der Waals surface area contributed by atoms with Crippen molar-refractivity contribution in [2.24, 2.45) is 5.73 Å². The van der Waals surface area contributed by atoms with E-state index in [1.54, 1.807) is 0 Å². The second-order valence-electron chi connectivity index (χ2n) is 5.27. The zero-order valence-corrected chi connectivity index (χ0v) is 12.4. The Labute approximate surface area is 122 Å². The summed E-state index contributed by atoms with van der Waals surface area (Å²) >= 11 is 0. The summed E-state index contributed by atoms with van der Waals surface area (Å²) in [5.41, 5.74) is 18.3. The van der Waals surface area contributed by atoms with Gasteiger partial charge >= 0.3 is 0 Å². The topological polar surface area (TPSA) is 95.1 Å². The van der Waals surface area contributed by atoms with Crippen LogP contribution in [-0.4, -0.2) is 19.6 Å². The molecule has 0 atom stereocenters. The Morgan fingerprint density at radius 2 is 1.81 bits per heavy atom. The van der Waals surface area contributed by atoms with Gasteiger partial charge in [0.1, 0.15) is 12.1 Å². The summed E-state index contributed by atoms with van der Waals surface area (Å²) in [7, 11) is 0. The van der Waals surface area contributed by atoms with Crippen LogP contribution in [0.25, 0.3) is 17.0 Å². The molecule has 2 aromatic heterocycles. The second-order valence-corrected chi connectivity index (χ2v) is 5.27. The van der Waals surface area contributed by atoms with E-state index < -0.39 is 0 Å². The van der Waals surface area contributed by atoms with Crippen LogP contribution in [0.15, 0.2) is 18.5 Å². The summed E-state index contributed by atoms with van der Waals surface area (Å²) in [6.07, 6.45) is 1.44. The number of nitrogens with zero attached hydrogens (tertiary/aromatic N) is 4. The molecule has 2 heterocycles. The van der Waals surface area contributed by atoms with Gasteiger partial charge in [0.2, 0.25) is 0 Å². The fourth-order valence-electron chi connectivity index (χ4n) is 2.86. The van der Waals surface area contributed by atoms with Crippen molar-refractivity contribution in [2.75, 3.05) is 5.73 Å². The van der Waals surface area contributed by atoms with Crippen LogP contribution in [0.1, 0.15) is 22.3 Å². The van der Waals surface area contributed by atoms with Crippen LogP contribution >= 0.6 is 0 Å². The molecule has 0 fully saturated rings. The first-order chi connectivity index (χ1) is 10.0. The predicted octanol–water partition coefficient (Wildman–Crippen LogP) is 1.76. The largest absolute Gasteiger partial charge is 0.383 e. The molecular weight excluding hydrogens is 264 g/mol. The normalized spacial score (nSPS) is 11.2. The molecule has 21 heavy (non-hydrogen) atoms. The Morgan fingerprint density at radius 1 is 1.14 bits per heavy atom. The molecule has 0 radical (unpaired) electrons. The third-order valence-electron chi connectivity index (χ3n) is 3.68. The first-order valence-corrected chi connectivity index (χ1v) is 6.79. The lowest BCUT2D eigenvalue weighted by Gasteiger charge is -2.15. The summed E-state index contributed by atoms with van der Waals surface area (Å²) < 4.78 is 1.52. The molecule has 108 valence electrons. The first-order valence-electron chi connectivity index (χ1n) is 6.79. The summed E-state index contributed by atoms with van der Waals surface area (Å²) in [5, 5.41) is 4.08. The monoisotopic (exact) mass is 282 g/mol. The van der Waals surface area contributed by atoms with Gasteiger partial charge in [0.25, 0.3) is 5.78 Å². The van der Waals surface area contributed by atoms with Crippen molar-refractivity contribution < 1.29 is 0 Å². The number of hydrogen-bond acceptors (Lipinski definition) is 5. The van der Waals surface area contributed by atoms with Gasteiger partial charge in [-0.3, -0.25) is 0 Å². The highest BCUT2D eigenvalue weighted by Gasteiger charge is 2.18. The highest BCUT2D eigenvalue weighted by molar-refractivity contribution is 5.75. The van der Waals surface area contributed by atoms with E-state index in [1.165, 1.54) is 16.4 Å². The number of nitrogen functional groups attached to an aromatic ring is 1. The molecule has 0 amide bonds. The van der Waals surface area contributed by atoms with Gasteiger partial charge in [0.15, 0.2) is 0 Å². The molecular formula is C15H18N6. The van der Waals surface area contributed by atoms with Crippen molar-refractivity contribution in [2.45, 2.75) is 27.3 Å². The average Bonchev–Trinajstić information content (AvgIpc) is 2.86. The fraction of sp³-hybridized carbons (Fsp3) is 0.267. The summed E-state index contributed by atoms with van der Waals surface area (Å²) in [5.74, 6) is 0.980. The number of fused-ring (bicyclic) bond motifs is 1. The molecule has 6 nitrogen and oxygen atoms in total. The van der Waals surface area contributed by atoms with Crippen molar-refractivity contribution in [3.05, 3.63) is 40.7 Å². The summed E-state index contributed by atoms with van der Waals surface area (Å²) in [4.78, 5) is 8.76. The predicted molar refractivity (Wildman–Crippen MR) is 82.7 cm³/mol. The van der Waals surface area contributed by atoms with Crippen LogP contribution in [-0.2, 0) is 6.54 Å². The average molecular weight is 282 g/mol. The number of aryl methyl sites for hydroxylation is 3. The van der Waals surface area contributed by atoms with Crippen molar-refractivity contribution in [1.82, 2.24) is 19.6 Å². The molecule has 0 unspecified atom stereocenters. The molecule has 4 N–H and O–H groups in total. The molecule has 0 saturated carbocycles. The molecule has 6 heteroatoms.